The number of thioether (sulfide) groups is 1. The molecule has 168 valence electrons. The summed E-state index contributed by atoms with van der Waals surface area (Å²) in [6.07, 6.45) is 0.774. The van der Waals surface area contributed by atoms with Gasteiger partial charge in [0.2, 0.25) is 0 Å². The van der Waals surface area contributed by atoms with Gasteiger partial charge in [0.1, 0.15) is 5.54 Å². The average molecular weight is 476 g/mol. The van der Waals surface area contributed by atoms with Gasteiger partial charge in [0.25, 0.3) is 11.8 Å². The average Bonchev–Trinajstić information content (AvgIpc) is 2.92. The Morgan fingerprint density at radius 2 is 2.00 bits per heavy atom. The molecule has 2 aromatic carbocycles. The Balaban J connectivity index is 1.43. The molecular formula is C22H22ClN3O5S. The first-order chi connectivity index (χ1) is 15.4. The molecule has 2 aliphatic heterocycles. The molecule has 10 heteroatoms. The normalized spacial score (nSPS) is 19.7. The summed E-state index contributed by atoms with van der Waals surface area (Å²) >= 11 is 7.66. The first kappa shape index (κ1) is 22.3. The van der Waals surface area contributed by atoms with Gasteiger partial charge in [-0.25, -0.2) is 4.79 Å². The molecule has 2 heterocycles. The lowest BCUT2D eigenvalue weighted by Gasteiger charge is -2.20. The molecule has 0 bridgehead atoms. The van der Waals surface area contributed by atoms with Crippen molar-refractivity contribution in [2.75, 3.05) is 19.0 Å². The Morgan fingerprint density at radius 1 is 1.22 bits per heavy atom. The van der Waals surface area contributed by atoms with Crippen LogP contribution in [0.1, 0.15) is 29.3 Å². The summed E-state index contributed by atoms with van der Waals surface area (Å²) in [5.74, 6) is 0.731. The van der Waals surface area contributed by atoms with Gasteiger partial charge < -0.3 is 20.1 Å². The summed E-state index contributed by atoms with van der Waals surface area (Å²) < 4.78 is 11.3. The number of ether oxygens (including phenoxy) is 2. The van der Waals surface area contributed by atoms with E-state index in [0.717, 1.165) is 12.0 Å². The van der Waals surface area contributed by atoms with Gasteiger partial charge in [-0.05, 0) is 36.8 Å². The van der Waals surface area contributed by atoms with Gasteiger partial charge in [0, 0.05) is 23.6 Å². The number of amides is 4. The van der Waals surface area contributed by atoms with E-state index in [2.05, 4.69) is 16.0 Å². The van der Waals surface area contributed by atoms with Gasteiger partial charge in [0.05, 0.1) is 23.8 Å². The molecule has 4 amide bonds. The van der Waals surface area contributed by atoms with Crippen molar-refractivity contribution in [1.82, 2.24) is 16.0 Å². The quantitative estimate of drug-likeness (QED) is 0.438. The lowest BCUT2D eigenvalue weighted by Crippen LogP contribution is -2.46. The van der Waals surface area contributed by atoms with Crippen molar-refractivity contribution in [2.45, 2.75) is 30.3 Å². The second-order valence-electron chi connectivity index (χ2n) is 7.66. The Morgan fingerprint density at radius 3 is 2.78 bits per heavy atom. The maximum Gasteiger partial charge on any atom is 0.322 e. The molecule has 1 saturated heterocycles. The molecule has 0 aromatic heterocycles. The predicted molar refractivity (Wildman–Crippen MR) is 120 cm³/mol. The van der Waals surface area contributed by atoms with Crippen LogP contribution < -0.4 is 25.4 Å². The second kappa shape index (κ2) is 9.30. The fourth-order valence-electron chi connectivity index (χ4n) is 3.35. The topological polar surface area (TPSA) is 106 Å². The smallest absolute Gasteiger partial charge is 0.322 e. The number of imide groups is 1. The highest BCUT2D eigenvalue weighted by atomic mass is 35.5. The Bertz CT molecular complexity index is 1080. The first-order valence-corrected chi connectivity index (χ1v) is 11.4. The van der Waals surface area contributed by atoms with Crippen LogP contribution in [0.5, 0.6) is 11.5 Å². The monoisotopic (exact) mass is 475 g/mol. The zero-order valence-corrected chi connectivity index (χ0v) is 18.9. The van der Waals surface area contributed by atoms with Crippen LogP contribution in [0.15, 0.2) is 41.3 Å². The van der Waals surface area contributed by atoms with Crippen LogP contribution in [0.3, 0.4) is 0 Å². The van der Waals surface area contributed by atoms with E-state index in [9.17, 15) is 14.4 Å². The molecule has 3 N–H and O–H groups in total. The second-order valence-corrected chi connectivity index (χ2v) is 9.09. The number of rotatable bonds is 6. The van der Waals surface area contributed by atoms with Crippen molar-refractivity contribution in [3.8, 4) is 11.5 Å². The zero-order chi connectivity index (χ0) is 22.7. The number of nitrogens with one attached hydrogen (secondary N) is 3. The van der Waals surface area contributed by atoms with E-state index < -0.39 is 11.6 Å². The molecule has 0 aliphatic carbocycles. The lowest BCUT2D eigenvalue weighted by molar-refractivity contribution is -0.122. The van der Waals surface area contributed by atoms with E-state index in [0.29, 0.717) is 40.2 Å². The third-order valence-corrected chi connectivity index (χ3v) is 6.75. The van der Waals surface area contributed by atoms with Gasteiger partial charge in [-0.2, -0.15) is 0 Å². The maximum atomic E-state index is 12.9. The highest BCUT2D eigenvalue weighted by Gasteiger charge is 2.41. The summed E-state index contributed by atoms with van der Waals surface area (Å²) in [6.45, 7) is 2.99. The number of hydrogen-bond acceptors (Lipinski definition) is 6. The van der Waals surface area contributed by atoms with Crippen LogP contribution in [0.25, 0.3) is 0 Å². The summed E-state index contributed by atoms with van der Waals surface area (Å²) in [5, 5.41) is 8.20. The van der Waals surface area contributed by atoms with Gasteiger partial charge in [-0.15, -0.1) is 11.8 Å². The first-order valence-electron chi connectivity index (χ1n) is 10.1. The van der Waals surface area contributed by atoms with E-state index in [4.69, 9.17) is 21.1 Å². The van der Waals surface area contributed by atoms with Gasteiger partial charge in [0.15, 0.2) is 11.5 Å². The van der Waals surface area contributed by atoms with Crippen LogP contribution >= 0.6 is 23.4 Å². The third-order valence-electron chi connectivity index (χ3n) is 5.08. The van der Waals surface area contributed by atoms with Crippen LogP contribution in [-0.2, 0) is 11.3 Å². The van der Waals surface area contributed by atoms with Crippen LogP contribution in [0, 0.1) is 0 Å². The Kier molecular flexibility index (Phi) is 6.48. The van der Waals surface area contributed by atoms with Crippen LogP contribution in [0.4, 0.5) is 4.79 Å². The number of carbonyl (C=O) groups is 3. The minimum Gasteiger partial charge on any atom is -0.489 e. The number of carbonyl (C=O) groups excluding carboxylic acids is 3. The maximum absolute atomic E-state index is 12.9. The van der Waals surface area contributed by atoms with Gasteiger partial charge in [-0.3, -0.25) is 14.9 Å². The fraction of sp³-hybridized carbons (Fsp3) is 0.318. The number of fused-ring (bicyclic) bond motifs is 1. The van der Waals surface area contributed by atoms with Crippen molar-refractivity contribution in [2.24, 2.45) is 0 Å². The van der Waals surface area contributed by atoms with Crippen molar-refractivity contribution >= 4 is 41.2 Å². The fourth-order valence-corrected chi connectivity index (χ4v) is 4.77. The van der Waals surface area contributed by atoms with E-state index >= 15 is 0 Å². The number of urea groups is 1. The molecule has 0 saturated carbocycles. The third kappa shape index (κ3) is 4.78. The van der Waals surface area contributed by atoms with Gasteiger partial charge >= 0.3 is 6.03 Å². The number of benzene rings is 2. The molecule has 8 nitrogen and oxygen atoms in total. The molecule has 1 unspecified atom stereocenters. The molecule has 1 fully saturated rings. The van der Waals surface area contributed by atoms with E-state index in [-0.39, 0.29) is 24.1 Å². The van der Waals surface area contributed by atoms with E-state index in [1.54, 1.807) is 25.1 Å². The molecule has 2 aromatic rings. The Hall–Kier alpha value is -2.91. The molecule has 32 heavy (non-hydrogen) atoms. The van der Waals surface area contributed by atoms with Crippen molar-refractivity contribution in [3.05, 3.63) is 52.5 Å². The lowest BCUT2D eigenvalue weighted by atomic mass is 10.1. The van der Waals surface area contributed by atoms with Crippen molar-refractivity contribution in [3.63, 3.8) is 0 Å². The Labute approximate surface area is 194 Å². The van der Waals surface area contributed by atoms with Crippen molar-refractivity contribution < 1.29 is 23.9 Å². The molecule has 2 aliphatic rings. The summed E-state index contributed by atoms with van der Waals surface area (Å²) in [4.78, 5) is 37.1. The minimum atomic E-state index is -1.04. The number of hydrogen-bond donors (Lipinski definition) is 3. The highest BCUT2D eigenvalue weighted by Crippen LogP contribution is 2.38. The highest BCUT2D eigenvalue weighted by molar-refractivity contribution is 7.99. The van der Waals surface area contributed by atoms with Gasteiger partial charge in [-0.1, -0.05) is 23.7 Å². The molecule has 0 spiro atoms. The van der Waals surface area contributed by atoms with Crippen molar-refractivity contribution in [1.29, 1.82) is 0 Å². The summed E-state index contributed by atoms with van der Waals surface area (Å²) in [5.41, 5.74) is 0.230. The molecule has 0 radical (unpaired) electrons. The predicted octanol–water partition coefficient (Wildman–Crippen LogP) is 3.12. The summed E-state index contributed by atoms with van der Waals surface area (Å²) in [7, 11) is 0. The SMILES string of the molecule is CC1(CSc2ccccc2C(=O)NCc2cc(Cl)c3c(c2)OCCCO3)NC(=O)NC1=O. The minimum absolute atomic E-state index is 0.254. The summed E-state index contributed by atoms with van der Waals surface area (Å²) in [6, 6.07) is 10.2. The number of halogens is 1. The van der Waals surface area contributed by atoms with Crippen LogP contribution in [-0.4, -0.2) is 42.4 Å². The van der Waals surface area contributed by atoms with E-state index in [1.165, 1.54) is 11.8 Å². The largest absolute Gasteiger partial charge is 0.489 e. The standard InChI is InChI=1S/C22H22ClN3O5S/c1-22(20(28)25-21(29)26-22)12-32-17-6-3-2-5-14(17)19(27)24-11-13-9-15(23)18-16(10-13)30-7-4-8-31-18/h2-3,5-6,9-10H,4,7-8,11-12H2,1H3,(H,24,27)(H2,25,26,28,29). The zero-order valence-electron chi connectivity index (χ0n) is 17.3. The molecule has 4 rings (SSSR count). The van der Waals surface area contributed by atoms with E-state index in [1.807, 2.05) is 18.2 Å². The molecular weight excluding hydrogens is 454 g/mol. The van der Waals surface area contributed by atoms with Crippen LogP contribution in [0.2, 0.25) is 5.02 Å². The molecule has 1 atom stereocenters.